The second-order valence-corrected chi connectivity index (χ2v) is 10.1. The summed E-state index contributed by atoms with van der Waals surface area (Å²) in [5, 5.41) is 9.41. The number of anilines is 1. The molecule has 3 aromatic carbocycles. The Morgan fingerprint density at radius 1 is 0.975 bits per heavy atom. The Morgan fingerprint density at radius 3 is 2.20 bits per heavy atom. The lowest BCUT2D eigenvalue weighted by Crippen LogP contribution is -2.38. The van der Waals surface area contributed by atoms with Gasteiger partial charge in [-0.25, -0.2) is 14.6 Å². The van der Waals surface area contributed by atoms with Crippen molar-refractivity contribution in [2.24, 2.45) is 13.0 Å². The summed E-state index contributed by atoms with van der Waals surface area (Å²) in [5.41, 5.74) is 1.93. The van der Waals surface area contributed by atoms with Crippen molar-refractivity contribution in [3.05, 3.63) is 78.1 Å². The summed E-state index contributed by atoms with van der Waals surface area (Å²) in [6.45, 7) is 3.93. The number of hydrogen-bond donors (Lipinski definition) is 1. The van der Waals surface area contributed by atoms with Crippen LogP contribution in [0.15, 0.2) is 66.7 Å². The molecule has 10 heteroatoms. The molecule has 0 aliphatic carbocycles. The van der Waals surface area contributed by atoms with Crippen LogP contribution < -0.4 is 14.4 Å². The lowest BCUT2D eigenvalue weighted by Gasteiger charge is -2.27. The van der Waals surface area contributed by atoms with Crippen LogP contribution in [0.4, 0.5) is 10.5 Å². The number of amides is 3. The van der Waals surface area contributed by atoms with Crippen molar-refractivity contribution in [2.45, 2.75) is 26.3 Å². The largest absolute Gasteiger partial charge is 0.497 e. The number of urea groups is 1. The van der Waals surface area contributed by atoms with Crippen LogP contribution in [0.2, 0.25) is 0 Å². The van der Waals surface area contributed by atoms with Crippen molar-refractivity contribution < 1.29 is 29.0 Å². The SMILES string of the molecule is COc1ccc(Oc2ccc(N3CC(=O)N([C@@H](CC(C)C)c4nc5ccc(C(=O)O)cc5n4C)C3=O)cc2)cc1. The zero-order chi connectivity index (χ0) is 28.6. The van der Waals surface area contributed by atoms with Crippen LogP contribution in [0.1, 0.15) is 42.5 Å². The number of aromatic nitrogens is 2. The van der Waals surface area contributed by atoms with Gasteiger partial charge in [-0.15, -0.1) is 0 Å². The van der Waals surface area contributed by atoms with Crippen molar-refractivity contribution in [1.82, 2.24) is 14.5 Å². The highest BCUT2D eigenvalue weighted by Gasteiger charge is 2.43. The average molecular weight is 543 g/mol. The Kier molecular flexibility index (Phi) is 7.17. The van der Waals surface area contributed by atoms with Crippen molar-refractivity contribution in [3.8, 4) is 17.2 Å². The van der Waals surface area contributed by atoms with E-state index in [4.69, 9.17) is 14.5 Å². The van der Waals surface area contributed by atoms with Crippen LogP contribution in [0, 0.1) is 5.92 Å². The van der Waals surface area contributed by atoms with E-state index in [2.05, 4.69) is 0 Å². The summed E-state index contributed by atoms with van der Waals surface area (Å²) in [4.78, 5) is 45.9. The first-order valence-corrected chi connectivity index (χ1v) is 12.9. The molecule has 1 atom stereocenters. The number of carbonyl (C=O) groups is 3. The molecular weight excluding hydrogens is 512 g/mol. The van der Waals surface area contributed by atoms with Gasteiger partial charge in [0.25, 0.3) is 5.91 Å². The Labute approximate surface area is 231 Å². The molecule has 0 unspecified atom stereocenters. The second-order valence-electron chi connectivity index (χ2n) is 10.1. The van der Waals surface area contributed by atoms with Crippen LogP contribution in [0.3, 0.4) is 0 Å². The van der Waals surface area contributed by atoms with Crippen LogP contribution >= 0.6 is 0 Å². The van der Waals surface area contributed by atoms with Crippen molar-refractivity contribution in [3.63, 3.8) is 0 Å². The third kappa shape index (κ3) is 5.07. The Bertz CT molecular complexity index is 1580. The van der Waals surface area contributed by atoms with E-state index in [1.165, 1.54) is 15.9 Å². The molecule has 4 aromatic rings. The van der Waals surface area contributed by atoms with E-state index in [0.29, 0.717) is 40.5 Å². The number of fused-ring (bicyclic) bond motifs is 1. The number of carboxylic acids is 1. The minimum atomic E-state index is -1.04. The molecule has 3 amide bonds. The molecule has 1 aliphatic heterocycles. The number of imidazole rings is 1. The van der Waals surface area contributed by atoms with Gasteiger partial charge in [0, 0.05) is 12.7 Å². The molecule has 1 aromatic heterocycles. The number of nitrogens with zero attached hydrogens (tertiary/aromatic N) is 4. The zero-order valence-electron chi connectivity index (χ0n) is 22.7. The summed E-state index contributed by atoms with van der Waals surface area (Å²) >= 11 is 0. The minimum absolute atomic E-state index is 0.0980. The molecular formula is C30H30N4O6. The van der Waals surface area contributed by atoms with Crippen LogP contribution in [0.5, 0.6) is 17.2 Å². The number of aryl methyl sites for hydroxylation is 1. The number of benzene rings is 3. The molecule has 1 fully saturated rings. The number of hydrogen-bond acceptors (Lipinski definition) is 6. The molecule has 206 valence electrons. The number of aromatic carboxylic acids is 1. The number of ether oxygens (including phenoxy) is 2. The Morgan fingerprint density at radius 2 is 1.60 bits per heavy atom. The van der Waals surface area contributed by atoms with Gasteiger partial charge in [0.2, 0.25) is 0 Å². The van der Waals surface area contributed by atoms with E-state index in [9.17, 15) is 19.5 Å². The maximum Gasteiger partial charge on any atom is 0.335 e. The van der Waals surface area contributed by atoms with Crippen molar-refractivity contribution in [1.29, 1.82) is 0 Å². The van der Waals surface area contributed by atoms with Crippen LogP contribution in [0.25, 0.3) is 11.0 Å². The molecule has 40 heavy (non-hydrogen) atoms. The van der Waals surface area contributed by atoms with Gasteiger partial charge in [0.15, 0.2) is 0 Å². The third-order valence-corrected chi connectivity index (χ3v) is 6.91. The van der Waals surface area contributed by atoms with E-state index >= 15 is 0 Å². The molecule has 1 saturated heterocycles. The Balaban J connectivity index is 1.41. The quantitative estimate of drug-likeness (QED) is 0.273. The van der Waals surface area contributed by atoms with E-state index < -0.39 is 18.0 Å². The summed E-state index contributed by atoms with van der Waals surface area (Å²) in [6, 6.07) is 17.8. The first-order valence-electron chi connectivity index (χ1n) is 12.9. The van der Waals surface area contributed by atoms with Gasteiger partial charge in [0.1, 0.15) is 29.6 Å². The fraction of sp³-hybridized carbons (Fsp3) is 0.267. The van der Waals surface area contributed by atoms with Crippen LogP contribution in [-0.4, -0.2) is 51.1 Å². The molecule has 0 saturated carbocycles. The lowest BCUT2D eigenvalue weighted by atomic mass is 10.0. The van der Waals surface area contributed by atoms with E-state index in [1.54, 1.807) is 79.4 Å². The smallest absolute Gasteiger partial charge is 0.335 e. The maximum atomic E-state index is 13.7. The van der Waals surface area contributed by atoms with Gasteiger partial charge in [-0.05, 0) is 79.1 Å². The lowest BCUT2D eigenvalue weighted by molar-refractivity contribution is -0.127. The fourth-order valence-electron chi connectivity index (χ4n) is 4.91. The summed E-state index contributed by atoms with van der Waals surface area (Å²) in [7, 11) is 3.37. The van der Waals surface area contributed by atoms with Gasteiger partial charge < -0.3 is 19.1 Å². The number of methoxy groups -OCH3 is 1. The maximum absolute atomic E-state index is 13.7. The first kappa shape index (κ1) is 26.7. The first-order chi connectivity index (χ1) is 19.2. The fourth-order valence-corrected chi connectivity index (χ4v) is 4.91. The third-order valence-electron chi connectivity index (χ3n) is 6.91. The summed E-state index contributed by atoms with van der Waals surface area (Å²) in [6.07, 6.45) is 0.503. The molecule has 0 radical (unpaired) electrons. The van der Waals surface area contributed by atoms with Crippen molar-refractivity contribution >= 4 is 34.6 Å². The van der Waals surface area contributed by atoms with E-state index in [-0.39, 0.29) is 23.9 Å². The molecule has 2 heterocycles. The van der Waals surface area contributed by atoms with Gasteiger partial charge in [-0.1, -0.05) is 13.8 Å². The van der Waals surface area contributed by atoms with Gasteiger partial charge in [-0.2, -0.15) is 0 Å². The zero-order valence-corrected chi connectivity index (χ0v) is 22.7. The second kappa shape index (κ2) is 10.7. The predicted octanol–water partition coefficient (Wildman–Crippen LogP) is 5.63. The number of imide groups is 1. The summed E-state index contributed by atoms with van der Waals surface area (Å²) < 4.78 is 12.8. The van der Waals surface area contributed by atoms with Gasteiger partial charge in [-0.3, -0.25) is 14.6 Å². The molecule has 5 rings (SSSR count). The van der Waals surface area contributed by atoms with Crippen molar-refractivity contribution in [2.75, 3.05) is 18.6 Å². The van der Waals surface area contributed by atoms with E-state index in [1.807, 2.05) is 13.8 Å². The monoisotopic (exact) mass is 542 g/mol. The Hall–Kier alpha value is -4.86. The van der Waals surface area contributed by atoms with Gasteiger partial charge >= 0.3 is 12.0 Å². The molecule has 1 N–H and O–H groups in total. The summed E-state index contributed by atoms with van der Waals surface area (Å²) in [5.74, 6) is 1.27. The van der Waals surface area contributed by atoms with Crippen LogP contribution in [-0.2, 0) is 11.8 Å². The standard InChI is InChI=1S/C30H30N4O6/c1-18(2)15-26(28-31-24-14-5-19(29(36)37)16-25(24)32(28)3)34-27(35)17-33(30(34)38)20-6-8-22(9-7-20)40-23-12-10-21(39-4)11-13-23/h5-14,16,18,26H,15,17H2,1-4H3,(H,36,37)/t26-/m0/s1. The molecule has 0 spiro atoms. The highest BCUT2D eigenvalue weighted by atomic mass is 16.5. The highest BCUT2D eigenvalue weighted by molar-refractivity contribution is 6.12. The normalized spacial score (nSPS) is 14.3. The van der Waals surface area contributed by atoms with E-state index in [0.717, 1.165) is 5.75 Å². The number of carbonyl (C=O) groups excluding carboxylic acids is 2. The number of carboxylic acid groups (broad SMARTS) is 1. The number of rotatable bonds is 9. The highest BCUT2D eigenvalue weighted by Crippen LogP contribution is 2.35. The predicted molar refractivity (Wildman–Crippen MR) is 149 cm³/mol. The topological polar surface area (TPSA) is 114 Å². The average Bonchev–Trinajstić information content (AvgIpc) is 3.42. The minimum Gasteiger partial charge on any atom is -0.497 e. The molecule has 0 bridgehead atoms. The molecule has 1 aliphatic rings. The van der Waals surface area contributed by atoms with Gasteiger partial charge in [0.05, 0.1) is 29.7 Å². The molecule has 10 nitrogen and oxygen atoms in total.